The summed E-state index contributed by atoms with van der Waals surface area (Å²) >= 11 is 1.50. The average molecular weight is 254 g/mol. The zero-order valence-electron chi connectivity index (χ0n) is 9.94. The summed E-state index contributed by atoms with van der Waals surface area (Å²) in [5.41, 5.74) is 5.72. The molecule has 0 aliphatic heterocycles. The molecule has 1 saturated carbocycles. The topological polar surface area (TPSA) is 64.3 Å². The number of nitrogens with two attached hydrogens (primary N) is 1. The molecule has 1 heterocycles. The fourth-order valence-electron chi connectivity index (χ4n) is 1.98. The van der Waals surface area contributed by atoms with E-state index in [1.807, 2.05) is 17.5 Å². The van der Waals surface area contributed by atoms with Gasteiger partial charge in [0.1, 0.15) is 6.04 Å². The van der Waals surface area contributed by atoms with Crippen LogP contribution in [0.1, 0.15) is 30.2 Å². The molecule has 5 heteroatoms. The zero-order chi connectivity index (χ0) is 12.3. The molecular weight excluding hydrogens is 236 g/mol. The summed E-state index contributed by atoms with van der Waals surface area (Å²) in [5, 5.41) is 4.80. The number of rotatable bonds is 5. The maximum Gasteiger partial charge on any atom is 0.242 e. The van der Waals surface area contributed by atoms with Crippen molar-refractivity contribution >= 4 is 17.2 Å². The van der Waals surface area contributed by atoms with Crippen molar-refractivity contribution in [1.82, 2.24) is 5.32 Å². The first-order valence-electron chi connectivity index (χ1n) is 5.79. The first-order valence-corrected chi connectivity index (χ1v) is 6.67. The lowest BCUT2D eigenvalue weighted by molar-refractivity contribution is -0.126. The second-order valence-corrected chi connectivity index (χ2v) is 5.43. The van der Waals surface area contributed by atoms with E-state index in [0.29, 0.717) is 6.54 Å². The van der Waals surface area contributed by atoms with E-state index in [-0.39, 0.29) is 11.5 Å². The number of carbonyl (C=O) groups excluding carboxylic acids is 1. The van der Waals surface area contributed by atoms with Crippen LogP contribution in [0.5, 0.6) is 0 Å². The molecule has 0 spiro atoms. The maximum absolute atomic E-state index is 11.9. The lowest BCUT2D eigenvalue weighted by Crippen LogP contribution is -2.50. The molecule has 0 radical (unpaired) electrons. The summed E-state index contributed by atoms with van der Waals surface area (Å²) in [5.74, 6) is -0.129. The van der Waals surface area contributed by atoms with Crippen LogP contribution in [0.2, 0.25) is 0 Å². The third-order valence-electron chi connectivity index (χ3n) is 3.41. The van der Waals surface area contributed by atoms with Crippen molar-refractivity contribution in [3.63, 3.8) is 0 Å². The van der Waals surface area contributed by atoms with Crippen LogP contribution in [-0.2, 0) is 9.53 Å². The minimum atomic E-state index is -0.566. The standard InChI is InChI=1S/C12H18N2O2S/c1-16-12(5-3-6-12)8-14-11(15)10(13)9-4-2-7-17-9/h2,4,7,10H,3,5-6,8,13H2,1H3,(H,14,15). The van der Waals surface area contributed by atoms with Crippen LogP contribution in [0.3, 0.4) is 0 Å². The van der Waals surface area contributed by atoms with Crippen molar-refractivity contribution in [2.24, 2.45) is 5.73 Å². The van der Waals surface area contributed by atoms with Gasteiger partial charge in [-0.25, -0.2) is 0 Å². The summed E-state index contributed by atoms with van der Waals surface area (Å²) in [6, 6.07) is 3.21. The van der Waals surface area contributed by atoms with Crippen LogP contribution in [-0.4, -0.2) is 25.2 Å². The molecule has 17 heavy (non-hydrogen) atoms. The lowest BCUT2D eigenvalue weighted by Gasteiger charge is -2.40. The van der Waals surface area contributed by atoms with E-state index in [1.165, 1.54) is 17.8 Å². The molecule has 0 bridgehead atoms. The van der Waals surface area contributed by atoms with E-state index >= 15 is 0 Å². The largest absolute Gasteiger partial charge is 0.376 e. The first kappa shape index (κ1) is 12.5. The summed E-state index contributed by atoms with van der Waals surface area (Å²) in [7, 11) is 1.70. The average Bonchev–Trinajstić information content (AvgIpc) is 2.80. The van der Waals surface area contributed by atoms with Crippen LogP contribution >= 0.6 is 11.3 Å². The predicted molar refractivity (Wildman–Crippen MR) is 67.8 cm³/mol. The summed E-state index contributed by atoms with van der Waals surface area (Å²) in [4.78, 5) is 12.8. The molecule has 3 N–H and O–H groups in total. The molecule has 1 unspecified atom stereocenters. The molecule has 1 fully saturated rings. The van der Waals surface area contributed by atoms with Gasteiger partial charge in [-0.05, 0) is 30.7 Å². The van der Waals surface area contributed by atoms with E-state index in [4.69, 9.17) is 10.5 Å². The first-order chi connectivity index (χ1) is 8.17. The monoisotopic (exact) mass is 254 g/mol. The molecule has 1 aliphatic rings. The Morgan fingerprint density at radius 2 is 2.47 bits per heavy atom. The minimum absolute atomic E-state index is 0.129. The number of hydrogen-bond donors (Lipinski definition) is 2. The lowest BCUT2D eigenvalue weighted by atomic mass is 9.80. The highest BCUT2D eigenvalue weighted by Crippen LogP contribution is 2.34. The molecule has 2 rings (SSSR count). The van der Waals surface area contributed by atoms with E-state index in [1.54, 1.807) is 7.11 Å². The van der Waals surface area contributed by atoms with Crippen molar-refractivity contribution in [3.8, 4) is 0 Å². The Bertz CT molecular complexity index is 368. The number of methoxy groups -OCH3 is 1. The number of ether oxygens (including phenoxy) is 1. The quantitative estimate of drug-likeness (QED) is 0.835. The molecule has 1 aromatic heterocycles. The second-order valence-electron chi connectivity index (χ2n) is 4.45. The molecule has 1 aromatic rings. The van der Waals surface area contributed by atoms with Crippen molar-refractivity contribution in [1.29, 1.82) is 0 Å². The van der Waals surface area contributed by atoms with Gasteiger partial charge in [0, 0.05) is 18.5 Å². The second kappa shape index (κ2) is 5.16. The van der Waals surface area contributed by atoms with Gasteiger partial charge in [0.25, 0.3) is 0 Å². The van der Waals surface area contributed by atoms with Gasteiger partial charge in [-0.15, -0.1) is 11.3 Å². The molecule has 1 amide bonds. The van der Waals surface area contributed by atoms with Crippen molar-refractivity contribution < 1.29 is 9.53 Å². The fraction of sp³-hybridized carbons (Fsp3) is 0.583. The molecule has 0 aromatic carbocycles. The van der Waals surface area contributed by atoms with Crippen molar-refractivity contribution in [3.05, 3.63) is 22.4 Å². The molecular formula is C12H18N2O2S. The third kappa shape index (κ3) is 2.68. The maximum atomic E-state index is 11.9. The van der Waals surface area contributed by atoms with E-state index in [0.717, 1.165) is 17.7 Å². The molecule has 4 nitrogen and oxygen atoms in total. The minimum Gasteiger partial charge on any atom is -0.376 e. The zero-order valence-corrected chi connectivity index (χ0v) is 10.8. The van der Waals surface area contributed by atoms with Gasteiger partial charge in [0.2, 0.25) is 5.91 Å². The van der Waals surface area contributed by atoms with Gasteiger partial charge >= 0.3 is 0 Å². The van der Waals surface area contributed by atoms with Crippen molar-refractivity contribution in [2.45, 2.75) is 30.9 Å². The summed E-state index contributed by atoms with van der Waals surface area (Å²) in [6.07, 6.45) is 3.19. The van der Waals surface area contributed by atoms with Crippen molar-refractivity contribution in [2.75, 3.05) is 13.7 Å². The Hall–Kier alpha value is -0.910. The van der Waals surface area contributed by atoms with Crippen LogP contribution < -0.4 is 11.1 Å². The van der Waals surface area contributed by atoms with Gasteiger partial charge in [-0.2, -0.15) is 0 Å². The van der Waals surface area contributed by atoms with Gasteiger partial charge in [-0.1, -0.05) is 6.07 Å². The Morgan fingerprint density at radius 1 is 1.71 bits per heavy atom. The van der Waals surface area contributed by atoms with Gasteiger partial charge in [-0.3, -0.25) is 4.79 Å². The smallest absolute Gasteiger partial charge is 0.242 e. The van der Waals surface area contributed by atoms with Gasteiger partial charge in [0.05, 0.1) is 5.60 Å². The van der Waals surface area contributed by atoms with Crippen LogP contribution in [0.4, 0.5) is 0 Å². The van der Waals surface area contributed by atoms with Crippen LogP contribution in [0.25, 0.3) is 0 Å². The molecule has 1 atom stereocenters. The molecule has 94 valence electrons. The van der Waals surface area contributed by atoms with Gasteiger partial charge in [0.15, 0.2) is 0 Å². The summed E-state index contributed by atoms with van der Waals surface area (Å²) in [6.45, 7) is 0.557. The highest BCUT2D eigenvalue weighted by Gasteiger charge is 2.37. The SMILES string of the molecule is COC1(CNC(=O)C(N)c2cccs2)CCC1. The predicted octanol–water partition coefficient (Wildman–Crippen LogP) is 1.43. The summed E-state index contributed by atoms with van der Waals surface area (Å²) < 4.78 is 5.44. The van der Waals surface area contributed by atoms with Gasteiger partial charge < -0.3 is 15.8 Å². The molecule has 1 aliphatic carbocycles. The van der Waals surface area contributed by atoms with E-state index in [9.17, 15) is 4.79 Å². The third-order valence-corrected chi connectivity index (χ3v) is 4.37. The van der Waals surface area contributed by atoms with E-state index in [2.05, 4.69) is 5.32 Å². The number of thiophene rings is 1. The Balaban J connectivity index is 1.85. The number of nitrogens with one attached hydrogen (secondary N) is 1. The Kier molecular flexibility index (Phi) is 3.81. The van der Waals surface area contributed by atoms with Crippen LogP contribution in [0, 0.1) is 0 Å². The number of hydrogen-bond acceptors (Lipinski definition) is 4. The highest BCUT2D eigenvalue weighted by molar-refractivity contribution is 7.10. The normalized spacial score (nSPS) is 19.4. The number of carbonyl (C=O) groups is 1. The van der Waals surface area contributed by atoms with E-state index < -0.39 is 6.04 Å². The Labute approximate surface area is 105 Å². The fourth-order valence-corrected chi connectivity index (χ4v) is 2.70. The Morgan fingerprint density at radius 3 is 2.94 bits per heavy atom. The number of amides is 1. The van der Waals surface area contributed by atoms with Crippen LogP contribution in [0.15, 0.2) is 17.5 Å². The molecule has 0 saturated heterocycles. The highest BCUT2D eigenvalue weighted by atomic mass is 32.1.